The summed E-state index contributed by atoms with van der Waals surface area (Å²) in [5.74, 6) is 4.13. The van der Waals surface area contributed by atoms with Crippen molar-refractivity contribution in [3.8, 4) is 11.5 Å². The van der Waals surface area contributed by atoms with Gasteiger partial charge in [0, 0.05) is 12.5 Å². The molecule has 5 rings (SSSR count). The first kappa shape index (κ1) is 15.8. The van der Waals surface area contributed by atoms with Gasteiger partial charge in [-0.05, 0) is 73.8 Å². The average Bonchev–Trinajstić information content (AvgIpc) is 2.52. The second kappa shape index (κ2) is 5.98. The zero-order valence-corrected chi connectivity index (χ0v) is 14.6. The van der Waals surface area contributed by atoms with Crippen molar-refractivity contribution in [2.75, 3.05) is 19.5 Å². The summed E-state index contributed by atoms with van der Waals surface area (Å²) < 4.78 is 10.6. The minimum absolute atomic E-state index is 0.114. The molecule has 0 spiro atoms. The van der Waals surface area contributed by atoms with Gasteiger partial charge < -0.3 is 14.8 Å². The molecule has 0 radical (unpaired) electrons. The number of rotatable bonds is 5. The van der Waals surface area contributed by atoms with Gasteiger partial charge in [-0.15, -0.1) is 0 Å². The largest absolute Gasteiger partial charge is 0.497 e. The fourth-order valence-electron chi connectivity index (χ4n) is 5.95. The highest BCUT2D eigenvalue weighted by molar-refractivity contribution is 5.93. The van der Waals surface area contributed by atoms with Crippen LogP contribution in [0.2, 0.25) is 0 Å². The van der Waals surface area contributed by atoms with Crippen LogP contribution in [0.4, 0.5) is 5.69 Å². The normalized spacial score (nSPS) is 33.3. The molecule has 0 saturated heterocycles. The van der Waals surface area contributed by atoms with Crippen LogP contribution in [0.1, 0.15) is 44.9 Å². The van der Waals surface area contributed by atoms with Gasteiger partial charge in [-0.25, -0.2) is 0 Å². The van der Waals surface area contributed by atoms with Gasteiger partial charge in [-0.2, -0.15) is 0 Å². The van der Waals surface area contributed by atoms with Gasteiger partial charge in [-0.3, -0.25) is 4.79 Å². The molecular weight excluding hydrogens is 302 g/mol. The average molecular weight is 329 g/mol. The van der Waals surface area contributed by atoms with Crippen molar-refractivity contribution in [1.29, 1.82) is 0 Å². The Morgan fingerprint density at radius 3 is 2.25 bits per heavy atom. The predicted octanol–water partition coefficient (Wildman–Crippen LogP) is 4.25. The summed E-state index contributed by atoms with van der Waals surface area (Å²) in [4.78, 5) is 12.8. The SMILES string of the molecule is COc1ccc(OC)c(NC(=O)CC23CC4CC(CC(C4)C2)C3)c1. The number of hydrogen-bond acceptors (Lipinski definition) is 3. The first-order chi connectivity index (χ1) is 11.6. The Morgan fingerprint density at radius 2 is 1.71 bits per heavy atom. The molecule has 0 unspecified atom stereocenters. The van der Waals surface area contributed by atoms with E-state index in [1.165, 1.54) is 38.5 Å². The predicted molar refractivity (Wildman–Crippen MR) is 93.4 cm³/mol. The fourth-order valence-corrected chi connectivity index (χ4v) is 5.95. The van der Waals surface area contributed by atoms with Crippen LogP contribution >= 0.6 is 0 Å². The van der Waals surface area contributed by atoms with E-state index >= 15 is 0 Å². The lowest BCUT2D eigenvalue weighted by Gasteiger charge is -2.56. The molecule has 1 aromatic carbocycles. The third kappa shape index (κ3) is 2.87. The number of amides is 1. The van der Waals surface area contributed by atoms with Gasteiger partial charge in [0.1, 0.15) is 11.5 Å². The Kier molecular flexibility index (Phi) is 3.93. The van der Waals surface area contributed by atoms with Gasteiger partial charge in [0.2, 0.25) is 5.91 Å². The topological polar surface area (TPSA) is 47.6 Å². The van der Waals surface area contributed by atoms with E-state index in [9.17, 15) is 4.79 Å². The lowest BCUT2D eigenvalue weighted by atomic mass is 9.49. The van der Waals surface area contributed by atoms with E-state index in [-0.39, 0.29) is 11.3 Å². The quantitative estimate of drug-likeness (QED) is 0.878. The Labute approximate surface area is 143 Å². The Balaban J connectivity index is 1.47. The monoisotopic (exact) mass is 329 g/mol. The van der Waals surface area contributed by atoms with E-state index in [2.05, 4.69) is 5.32 Å². The molecule has 0 heterocycles. The van der Waals surface area contributed by atoms with Gasteiger partial charge in [-0.1, -0.05) is 0 Å². The molecule has 4 fully saturated rings. The summed E-state index contributed by atoms with van der Waals surface area (Å²) in [6.07, 6.45) is 8.63. The number of anilines is 1. The van der Waals surface area contributed by atoms with E-state index in [1.807, 2.05) is 18.2 Å². The number of carbonyl (C=O) groups excluding carboxylic acids is 1. The standard InChI is InChI=1S/C20H27NO3/c1-23-16-3-4-18(24-2)17(8-16)21-19(22)12-20-9-13-5-14(10-20)7-15(6-13)11-20/h3-4,8,13-15H,5-7,9-12H2,1-2H3,(H,21,22). The zero-order chi connectivity index (χ0) is 16.7. The molecule has 1 amide bonds. The number of carbonyl (C=O) groups is 1. The molecule has 0 atom stereocenters. The van der Waals surface area contributed by atoms with Crippen molar-refractivity contribution in [1.82, 2.24) is 0 Å². The minimum Gasteiger partial charge on any atom is -0.497 e. The summed E-state index contributed by atoms with van der Waals surface area (Å²) in [5, 5.41) is 3.07. The van der Waals surface area contributed by atoms with Crippen LogP contribution in [-0.4, -0.2) is 20.1 Å². The molecule has 4 saturated carbocycles. The number of ether oxygens (including phenoxy) is 2. The second-order valence-electron chi connectivity index (χ2n) is 8.21. The number of methoxy groups -OCH3 is 2. The zero-order valence-electron chi connectivity index (χ0n) is 14.6. The molecule has 4 bridgehead atoms. The fraction of sp³-hybridized carbons (Fsp3) is 0.650. The van der Waals surface area contributed by atoms with Gasteiger partial charge in [0.25, 0.3) is 0 Å². The lowest BCUT2D eigenvalue weighted by molar-refractivity contribution is -0.124. The molecule has 4 nitrogen and oxygen atoms in total. The highest BCUT2D eigenvalue weighted by Crippen LogP contribution is 2.61. The first-order valence-corrected chi connectivity index (χ1v) is 9.11. The van der Waals surface area contributed by atoms with Crippen molar-refractivity contribution >= 4 is 11.6 Å². The summed E-state index contributed by atoms with van der Waals surface area (Å²) >= 11 is 0. The summed E-state index contributed by atoms with van der Waals surface area (Å²) in [7, 11) is 3.25. The van der Waals surface area contributed by atoms with E-state index < -0.39 is 0 Å². The van der Waals surface area contributed by atoms with E-state index in [0.29, 0.717) is 17.9 Å². The lowest BCUT2D eigenvalue weighted by Crippen LogP contribution is -2.47. The maximum Gasteiger partial charge on any atom is 0.225 e. The van der Waals surface area contributed by atoms with Crippen LogP contribution in [0.25, 0.3) is 0 Å². The highest BCUT2D eigenvalue weighted by atomic mass is 16.5. The number of hydrogen-bond donors (Lipinski definition) is 1. The van der Waals surface area contributed by atoms with E-state index in [4.69, 9.17) is 9.47 Å². The van der Waals surface area contributed by atoms with Gasteiger partial charge in [0.05, 0.1) is 19.9 Å². The molecular formula is C20H27NO3. The van der Waals surface area contributed by atoms with Crippen LogP contribution in [-0.2, 0) is 4.79 Å². The molecule has 1 aromatic rings. The number of nitrogens with one attached hydrogen (secondary N) is 1. The van der Waals surface area contributed by atoms with Crippen LogP contribution in [0.5, 0.6) is 11.5 Å². The van der Waals surface area contributed by atoms with Crippen molar-refractivity contribution in [2.24, 2.45) is 23.2 Å². The Bertz CT molecular complexity index is 604. The molecule has 4 aliphatic carbocycles. The van der Waals surface area contributed by atoms with Crippen molar-refractivity contribution in [2.45, 2.75) is 44.9 Å². The molecule has 0 aromatic heterocycles. The second-order valence-corrected chi connectivity index (χ2v) is 8.21. The maximum atomic E-state index is 12.8. The van der Waals surface area contributed by atoms with Crippen molar-refractivity contribution in [3.05, 3.63) is 18.2 Å². The van der Waals surface area contributed by atoms with Gasteiger partial charge >= 0.3 is 0 Å². The summed E-state index contributed by atoms with van der Waals surface area (Å²) in [6.45, 7) is 0. The summed E-state index contributed by atoms with van der Waals surface area (Å²) in [6, 6.07) is 5.50. The van der Waals surface area contributed by atoms with Crippen molar-refractivity contribution < 1.29 is 14.3 Å². The smallest absolute Gasteiger partial charge is 0.225 e. The van der Waals surface area contributed by atoms with Crippen LogP contribution in [0.15, 0.2) is 18.2 Å². The van der Waals surface area contributed by atoms with E-state index in [1.54, 1.807) is 14.2 Å². The number of benzene rings is 1. The molecule has 4 aliphatic rings. The van der Waals surface area contributed by atoms with Crippen LogP contribution in [0.3, 0.4) is 0 Å². The molecule has 1 N–H and O–H groups in total. The third-order valence-corrected chi connectivity index (χ3v) is 6.38. The molecule has 4 heteroatoms. The van der Waals surface area contributed by atoms with E-state index in [0.717, 1.165) is 23.5 Å². The molecule has 24 heavy (non-hydrogen) atoms. The Morgan fingerprint density at radius 1 is 1.08 bits per heavy atom. The minimum atomic E-state index is 0.114. The Hall–Kier alpha value is -1.71. The third-order valence-electron chi connectivity index (χ3n) is 6.38. The van der Waals surface area contributed by atoms with Crippen LogP contribution < -0.4 is 14.8 Å². The van der Waals surface area contributed by atoms with Gasteiger partial charge in [0.15, 0.2) is 0 Å². The van der Waals surface area contributed by atoms with Crippen LogP contribution in [0, 0.1) is 23.2 Å². The maximum absolute atomic E-state index is 12.8. The van der Waals surface area contributed by atoms with Crippen molar-refractivity contribution in [3.63, 3.8) is 0 Å². The molecule has 130 valence electrons. The summed E-state index contributed by atoms with van der Waals surface area (Å²) in [5.41, 5.74) is 0.955. The first-order valence-electron chi connectivity index (χ1n) is 9.11. The molecule has 0 aliphatic heterocycles. The highest BCUT2D eigenvalue weighted by Gasteiger charge is 2.51.